The van der Waals surface area contributed by atoms with E-state index in [4.69, 9.17) is 18.9 Å². The van der Waals surface area contributed by atoms with Gasteiger partial charge in [-0.05, 0) is 44.9 Å². The van der Waals surface area contributed by atoms with E-state index in [0.717, 1.165) is 38.5 Å². The van der Waals surface area contributed by atoms with Crippen molar-refractivity contribution in [1.29, 1.82) is 0 Å². The summed E-state index contributed by atoms with van der Waals surface area (Å²) in [5.74, 6) is -0.308. The summed E-state index contributed by atoms with van der Waals surface area (Å²) in [6, 6.07) is 0. The molecular formula is C56H106O9. The van der Waals surface area contributed by atoms with Crippen LogP contribution in [0.2, 0.25) is 0 Å². The summed E-state index contributed by atoms with van der Waals surface area (Å²) in [5.41, 5.74) is 0. The molecule has 0 spiro atoms. The number of aliphatic hydroxyl groups is 4. The minimum absolute atomic E-state index is 0.110. The van der Waals surface area contributed by atoms with Crippen LogP contribution in [0.25, 0.3) is 0 Å². The predicted octanol–water partition coefficient (Wildman–Crippen LogP) is 14.1. The molecule has 0 aromatic rings. The molecule has 0 aliphatic carbocycles. The van der Waals surface area contributed by atoms with Crippen molar-refractivity contribution >= 4 is 5.97 Å². The fraction of sp³-hybridized carbons (Fsp3) is 0.911. The molecule has 0 aromatic carbocycles. The minimum Gasteiger partial charge on any atom is -0.457 e. The van der Waals surface area contributed by atoms with Crippen LogP contribution in [0.5, 0.6) is 0 Å². The Hall–Kier alpha value is -1.33. The van der Waals surface area contributed by atoms with Gasteiger partial charge in [0.05, 0.1) is 19.8 Å². The zero-order valence-electron chi connectivity index (χ0n) is 42.5. The normalized spacial score (nSPS) is 19.5. The van der Waals surface area contributed by atoms with E-state index in [-0.39, 0.29) is 19.2 Å². The van der Waals surface area contributed by atoms with Gasteiger partial charge in [-0.3, -0.25) is 4.79 Å². The average molecular weight is 923 g/mol. The summed E-state index contributed by atoms with van der Waals surface area (Å²) in [5, 5.41) is 40.3. The first-order valence-corrected chi connectivity index (χ1v) is 27.9. The van der Waals surface area contributed by atoms with Gasteiger partial charge in [-0.25, -0.2) is 0 Å². The van der Waals surface area contributed by atoms with E-state index in [0.29, 0.717) is 13.0 Å². The van der Waals surface area contributed by atoms with Crippen LogP contribution in [-0.4, -0.2) is 89.6 Å². The van der Waals surface area contributed by atoms with Crippen molar-refractivity contribution < 1.29 is 44.2 Å². The number of hydrogen-bond acceptors (Lipinski definition) is 9. The lowest BCUT2D eigenvalue weighted by atomic mass is 9.99. The van der Waals surface area contributed by atoms with Crippen LogP contribution in [0.15, 0.2) is 24.3 Å². The maximum Gasteiger partial charge on any atom is 0.306 e. The van der Waals surface area contributed by atoms with Gasteiger partial charge in [0.25, 0.3) is 0 Å². The third-order valence-electron chi connectivity index (χ3n) is 13.1. The third-order valence-corrected chi connectivity index (χ3v) is 13.1. The van der Waals surface area contributed by atoms with E-state index in [9.17, 15) is 25.2 Å². The number of rotatable bonds is 49. The molecule has 0 bridgehead atoms. The Kier molecular flexibility index (Phi) is 45.3. The van der Waals surface area contributed by atoms with Crippen molar-refractivity contribution in [1.82, 2.24) is 0 Å². The number of carbonyl (C=O) groups excluding carboxylic acids is 1. The van der Waals surface area contributed by atoms with Gasteiger partial charge in [0.2, 0.25) is 0 Å². The summed E-state index contributed by atoms with van der Waals surface area (Å²) in [4.78, 5) is 12.9. The molecule has 9 nitrogen and oxygen atoms in total. The van der Waals surface area contributed by atoms with E-state index in [2.05, 4.69) is 38.2 Å². The molecule has 0 aromatic heterocycles. The number of unbranched alkanes of at least 4 members (excludes halogenated alkanes) is 34. The van der Waals surface area contributed by atoms with Gasteiger partial charge in [-0.2, -0.15) is 0 Å². The van der Waals surface area contributed by atoms with E-state index in [1.807, 2.05) is 0 Å². The standard InChI is InChI=1S/C56H106O9/c1-3-5-7-9-11-13-15-17-19-21-23-25-26-27-29-31-33-35-37-39-41-43-45-52(58)64-50(49-63-56-55(61)54(60)53(59)51(47-57)65-56)48-62-46-44-42-40-38-36-34-32-30-28-24-22-20-18-16-14-12-10-8-6-4-2/h12,14,18,20,50-51,53-57,59-61H,3-11,13,15-17,19,21-49H2,1-2H3/b14-12-,20-18-. The molecule has 9 heteroatoms. The Morgan fingerprint density at radius 1 is 0.492 bits per heavy atom. The monoisotopic (exact) mass is 923 g/mol. The number of aliphatic hydroxyl groups excluding tert-OH is 4. The van der Waals surface area contributed by atoms with Gasteiger partial charge in [0.15, 0.2) is 6.29 Å². The fourth-order valence-electron chi connectivity index (χ4n) is 8.76. The highest BCUT2D eigenvalue weighted by Gasteiger charge is 2.44. The molecule has 1 fully saturated rings. The smallest absolute Gasteiger partial charge is 0.306 e. The van der Waals surface area contributed by atoms with E-state index >= 15 is 0 Å². The van der Waals surface area contributed by atoms with Crippen molar-refractivity contribution in [2.45, 2.75) is 301 Å². The molecule has 0 radical (unpaired) electrons. The van der Waals surface area contributed by atoms with E-state index in [1.54, 1.807) is 0 Å². The Morgan fingerprint density at radius 2 is 0.892 bits per heavy atom. The van der Waals surface area contributed by atoms with Crippen LogP contribution in [0.4, 0.5) is 0 Å². The maximum absolute atomic E-state index is 12.9. The Balaban J connectivity index is 2.16. The van der Waals surface area contributed by atoms with Crippen LogP contribution in [-0.2, 0) is 23.7 Å². The van der Waals surface area contributed by atoms with Gasteiger partial charge in [-0.15, -0.1) is 0 Å². The first kappa shape index (κ1) is 61.7. The minimum atomic E-state index is -1.54. The second-order valence-electron chi connectivity index (χ2n) is 19.4. The second-order valence-corrected chi connectivity index (χ2v) is 19.4. The van der Waals surface area contributed by atoms with Crippen LogP contribution in [0.1, 0.15) is 264 Å². The summed E-state index contributed by atoms with van der Waals surface area (Å²) in [6.07, 6.45) is 50.7. The average Bonchev–Trinajstić information content (AvgIpc) is 3.31. The summed E-state index contributed by atoms with van der Waals surface area (Å²) >= 11 is 0. The molecule has 4 N–H and O–H groups in total. The SMILES string of the molecule is CCCCC/C=C\C/C=C\CCCCCCCCCCCCOCC(COC1OC(CO)C(O)C(O)C1O)OC(=O)CCCCCCCCCCCCCCCCCCCCCCCC. The van der Waals surface area contributed by atoms with E-state index in [1.165, 1.54) is 205 Å². The Bertz CT molecular complexity index is 1050. The van der Waals surface area contributed by atoms with Crippen molar-refractivity contribution in [3.05, 3.63) is 24.3 Å². The zero-order valence-corrected chi connectivity index (χ0v) is 42.5. The highest BCUT2D eigenvalue weighted by atomic mass is 16.7. The van der Waals surface area contributed by atoms with Gasteiger partial charge in [0, 0.05) is 13.0 Å². The summed E-state index contributed by atoms with van der Waals surface area (Å²) in [6.45, 7) is 4.58. The largest absolute Gasteiger partial charge is 0.457 e. The quantitative estimate of drug-likeness (QED) is 0.0267. The first-order valence-electron chi connectivity index (χ1n) is 27.9. The fourth-order valence-corrected chi connectivity index (χ4v) is 8.76. The number of allylic oxidation sites excluding steroid dienone is 4. The molecule has 1 aliphatic rings. The lowest BCUT2D eigenvalue weighted by Gasteiger charge is -2.39. The van der Waals surface area contributed by atoms with Crippen molar-refractivity contribution in [3.63, 3.8) is 0 Å². The van der Waals surface area contributed by atoms with Gasteiger partial charge < -0.3 is 39.4 Å². The first-order chi connectivity index (χ1) is 31.9. The highest BCUT2D eigenvalue weighted by molar-refractivity contribution is 5.69. The molecule has 0 saturated carbocycles. The molecule has 1 heterocycles. The van der Waals surface area contributed by atoms with Crippen molar-refractivity contribution in [2.75, 3.05) is 26.4 Å². The summed E-state index contributed by atoms with van der Waals surface area (Å²) in [7, 11) is 0. The molecule has 6 unspecified atom stereocenters. The third kappa shape index (κ3) is 38.2. The molecule has 1 aliphatic heterocycles. The lowest BCUT2D eigenvalue weighted by molar-refractivity contribution is -0.305. The van der Waals surface area contributed by atoms with E-state index < -0.39 is 43.4 Å². The lowest BCUT2D eigenvalue weighted by Crippen LogP contribution is -2.59. The summed E-state index contributed by atoms with van der Waals surface area (Å²) < 4.78 is 23.0. The molecule has 1 saturated heterocycles. The maximum atomic E-state index is 12.9. The van der Waals surface area contributed by atoms with Gasteiger partial charge in [-0.1, -0.05) is 237 Å². The number of ether oxygens (including phenoxy) is 4. The molecule has 0 amide bonds. The molecule has 65 heavy (non-hydrogen) atoms. The topological polar surface area (TPSA) is 135 Å². The van der Waals surface area contributed by atoms with Crippen molar-refractivity contribution in [2.24, 2.45) is 0 Å². The second kappa shape index (κ2) is 47.7. The van der Waals surface area contributed by atoms with Crippen LogP contribution < -0.4 is 0 Å². The Morgan fingerprint density at radius 3 is 1.35 bits per heavy atom. The van der Waals surface area contributed by atoms with Crippen molar-refractivity contribution in [3.8, 4) is 0 Å². The molecule has 1 rings (SSSR count). The Labute approximate surface area is 400 Å². The number of esters is 1. The molecular weight excluding hydrogens is 817 g/mol. The van der Waals surface area contributed by atoms with Gasteiger partial charge >= 0.3 is 5.97 Å². The number of carbonyl (C=O) groups is 1. The zero-order chi connectivity index (χ0) is 47.1. The van der Waals surface area contributed by atoms with Crippen LogP contribution in [0.3, 0.4) is 0 Å². The highest BCUT2D eigenvalue weighted by Crippen LogP contribution is 2.23. The predicted molar refractivity (Wildman–Crippen MR) is 270 cm³/mol. The van der Waals surface area contributed by atoms with Crippen LogP contribution >= 0.6 is 0 Å². The van der Waals surface area contributed by atoms with Crippen LogP contribution in [0, 0.1) is 0 Å². The molecule has 384 valence electrons. The van der Waals surface area contributed by atoms with Gasteiger partial charge in [0.1, 0.15) is 30.5 Å². The molecule has 6 atom stereocenters. The number of hydrogen-bond donors (Lipinski definition) is 4.